The molecule has 0 spiro atoms. The largest absolute Gasteiger partial charge is 0.493 e. The molecular weight excluding hydrogens is 404 g/mol. The van der Waals surface area contributed by atoms with Gasteiger partial charge in [-0.3, -0.25) is 5.10 Å². The minimum absolute atomic E-state index is 0.0955. The van der Waals surface area contributed by atoms with E-state index in [4.69, 9.17) is 13.9 Å². The Hall–Kier alpha value is -3.74. The number of oxazole rings is 1. The Kier molecular flexibility index (Phi) is 4.08. The number of H-pyrrole nitrogens is 1. The zero-order valence-electron chi connectivity index (χ0n) is 18.2. The predicted octanol–water partition coefficient (Wildman–Crippen LogP) is 5.19. The summed E-state index contributed by atoms with van der Waals surface area (Å²) >= 11 is 0. The van der Waals surface area contributed by atoms with E-state index in [0.29, 0.717) is 6.61 Å². The third-order valence-corrected chi connectivity index (χ3v) is 6.95. The van der Waals surface area contributed by atoms with Crippen molar-refractivity contribution in [1.82, 2.24) is 15.2 Å². The number of aromatic amines is 1. The first-order chi connectivity index (χ1) is 15.6. The molecule has 6 rings (SSSR count). The highest BCUT2D eigenvalue weighted by molar-refractivity contribution is 5.72. The summed E-state index contributed by atoms with van der Waals surface area (Å²) in [5.74, 6) is 2.55. The topological polar surface area (TPSA) is 85.2 Å². The van der Waals surface area contributed by atoms with E-state index in [2.05, 4.69) is 58.6 Å². The molecule has 2 aliphatic heterocycles. The predicted molar refractivity (Wildman–Crippen MR) is 121 cm³/mol. The summed E-state index contributed by atoms with van der Waals surface area (Å²) in [5.41, 5.74) is 6.44. The van der Waals surface area contributed by atoms with Gasteiger partial charge in [-0.25, -0.2) is 4.98 Å². The molecule has 1 unspecified atom stereocenters. The third-order valence-electron chi connectivity index (χ3n) is 6.95. The standard InChI is InChI=1S/C25H24N4O3/c1-25(2)18-7-14(22-11-26-13-32-22)4-5-20(18)29-23-17-6-15(16-9-27-28-10-16)8-21(30-3)24(17)31-12-19(23)25/h4-11,13,19,23,29H,12H2,1-3H3,(H,27,28)/t19?,23-/m1/s1. The third kappa shape index (κ3) is 2.74. The molecule has 7 heteroatoms. The maximum absolute atomic E-state index is 6.32. The van der Waals surface area contributed by atoms with Crippen molar-refractivity contribution in [3.63, 3.8) is 0 Å². The van der Waals surface area contributed by atoms with Gasteiger partial charge in [-0.1, -0.05) is 13.8 Å². The van der Waals surface area contributed by atoms with Crippen molar-refractivity contribution in [2.75, 3.05) is 19.0 Å². The number of anilines is 1. The zero-order valence-corrected chi connectivity index (χ0v) is 18.2. The van der Waals surface area contributed by atoms with Gasteiger partial charge in [-0.2, -0.15) is 5.10 Å². The average Bonchev–Trinajstić information content (AvgIpc) is 3.53. The smallest absolute Gasteiger partial charge is 0.181 e. The lowest BCUT2D eigenvalue weighted by molar-refractivity contribution is 0.131. The van der Waals surface area contributed by atoms with E-state index in [1.54, 1.807) is 13.3 Å². The Bertz CT molecular complexity index is 1280. The molecule has 4 heterocycles. The molecule has 0 aliphatic carbocycles. The Morgan fingerprint density at radius 3 is 2.75 bits per heavy atom. The lowest BCUT2D eigenvalue weighted by atomic mass is 9.65. The second-order valence-corrected chi connectivity index (χ2v) is 8.97. The number of nitrogens with zero attached hydrogens (tertiary/aromatic N) is 2. The summed E-state index contributed by atoms with van der Waals surface area (Å²) in [4.78, 5) is 4.06. The summed E-state index contributed by atoms with van der Waals surface area (Å²) in [6.45, 7) is 5.19. The number of methoxy groups -OCH3 is 1. The number of benzene rings is 2. The van der Waals surface area contributed by atoms with Gasteiger partial charge in [0, 0.05) is 39.9 Å². The maximum atomic E-state index is 6.32. The molecule has 0 saturated carbocycles. The molecule has 32 heavy (non-hydrogen) atoms. The van der Waals surface area contributed by atoms with Crippen LogP contribution in [-0.4, -0.2) is 28.9 Å². The van der Waals surface area contributed by atoms with Crippen molar-refractivity contribution in [3.05, 3.63) is 66.4 Å². The minimum Gasteiger partial charge on any atom is -0.493 e. The van der Waals surface area contributed by atoms with Crippen molar-refractivity contribution in [1.29, 1.82) is 0 Å². The molecule has 0 bridgehead atoms. The number of nitrogens with one attached hydrogen (secondary N) is 2. The Morgan fingerprint density at radius 2 is 2.00 bits per heavy atom. The molecule has 0 fully saturated rings. The highest BCUT2D eigenvalue weighted by atomic mass is 16.5. The average molecular weight is 428 g/mol. The van der Waals surface area contributed by atoms with Crippen molar-refractivity contribution < 1.29 is 13.9 Å². The first-order valence-electron chi connectivity index (χ1n) is 10.7. The van der Waals surface area contributed by atoms with Crippen LogP contribution in [0, 0.1) is 5.92 Å². The molecule has 0 radical (unpaired) electrons. The SMILES string of the molecule is COc1cc(-c2cn[nH]c2)cc2c1OCC1[C@@H]2Nc2ccc(-c3cnco3)cc2C1(C)C. The molecule has 2 N–H and O–H groups in total. The summed E-state index contributed by atoms with van der Waals surface area (Å²) in [5, 5.41) is 10.8. The molecule has 2 aromatic heterocycles. The number of fused-ring (bicyclic) bond motifs is 4. The molecule has 0 saturated heterocycles. The van der Waals surface area contributed by atoms with E-state index >= 15 is 0 Å². The molecule has 162 valence electrons. The minimum atomic E-state index is -0.127. The number of hydrogen-bond acceptors (Lipinski definition) is 6. The number of rotatable bonds is 3. The Morgan fingerprint density at radius 1 is 1.09 bits per heavy atom. The van der Waals surface area contributed by atoms with Crippen LogP contribution in [0.2, 0.25) is 0 Å². The molecule has 2 aromatic carbocycles. The number of aromatic nitrogens is 3. The lowest BCUT2D eigenvalue weighted by Crippen LogP contribution is -2.46. The van der Waals surface area contributed by atoms with Gasteiger partial charge in [0.1, 0.15) is 0 Å². The number of hydrogen-bond donors (Lipinski definition) is 2. The fourth-order valence-corrected chi connectivity index (χ4v) is 5.11. The summed E-state index contributed by atoms with van der Waals surface area (Å²) in [7, 11) is 1.68. The van der Waals surface area contributed by atoms with Crippen molar-refractivity contribution in [2.45, 2.75) is 25.3 Å². The first kappa shape index (κ1) is 19.0. The van der Waals surface area contributed by atoms with E-state index in [0.717, 1.165) is 45.2 Å². The number of ether oxygens (including phenoxy) is 2. The van der Waals surface area contributed by atoms with Crippen LogP contribution in [0.25, 0.3) is 22.5 Å². The molecule has 7 nitrogen and oxygen atoms in total. The van der Waals surface area contributed by atoms with Crippen molar-refractivity contribution >= 4 is 5.69 Å². The maximum Gasteiger partial charge on any atom is 0.181 e. The van der Waals surface area contributed by atoms with Crippen molar-refractivity contribution in [3.8, 4) is 33.9 Å². The van der Waals surface area contributed by atoms with Crippen LogP contribution in [0.3, 0.4) is 0 Å². The second kappa shape index (κ2) is 6.88. The van der Waals surface area contributed by atoms with E-state index in [-0.39, 0.29) is 17.4 Å². The summed E-state index contributed by atoms with van der Waals surface area (Å²) < 4.78 is 17.6. The van der Waals surface area contributed by atoms with Gasteiger partial charge in [0.2, 0.25) is 0 Å². The van der Waals surface area contributed by atoms with Crippen LogP contribution in [0.5, 0.6) is 11.5 Å². The van der Waals surface area contributed by atoms with Crippen molar-refractivity contribution in [2.24, 2.45) is 5.92 Å². The molecular formula is C25H24N4O3. The van der Waals surface area contributed by atoms with Gasteiger partial charge in [-0.05, 0) is 41.5 Å². The van der Waals surface area contributed by atoms with E-state index in [1.165, 1.54) is 12.0 Å². The van der Waals surface area contributed by atoms with Gasteiger partial charge in [0.05, 0.1) is 32.2 Å². The van der Waals surface area contributed by atoms with Crippen LogP contribution in [0.1, 0.15) is 31.0 Å². The fraction of sp³-hybridized carbons (Fsp3) is 0.280. The second-order valence-electron chi connectivity index (χ2n) is 8.97. The monoisotopic (exact) mass is 428 g/mol. The van der Waals surface area contributed by atoms with Gasteiger partial charge >= 0.3 is 0 Å². The molecule has 2 aliphatic rings. The summed E-state index contributed by atoms with van der Waals surface area (Å²) in [6, 6.07) is 10.7. The van der Waals surface area contributed by atoms with Crippen LogP contribution < -0.4 is 14.8 Å². The van der Waals surface area contributed by atoms with Gasteiger partial charge < -0.3 is 19.2 Å². The highest BCUT2D eigenvalue weighted by Crippen LogP contribution is 2.54. The van der Waals surface area contributed by atoms with Crippen LogP contribution in [-0.2, 0) is 5.41 Å². The summed E-state index contributed by atoms with van der Waals surface area (Å²) in [6.07, 6.45) is 6.92. The molecule has 2 atom stereocenters. The highest BCUT2D eigenvalue weighted by Gasteiger charge is 2.47. The lowest BCUT2D eigenvalue weighted by Gasteiger charge is -2.48. The van der Waals surface area contributed by atoms with E-state index < -0.39 is 0 Å². The van der Waals surface area contributed by atoms with E-state index in [9.17, 15) is 0 Å². The van der Waals surface area contributed by atoms with Crippen LogP contribution in [0.15, 0.2) is 59.7 Å². The first-order valence-corrected chi connectivity index (χ1v) is 10.7. The normalized spacial score (nSPS) is 20.3. The van der Waals surface area contributed by atoms with Crippen LogP contribution in [0.4, 0.5) is 5.69 Å². The Balaban J connectivity index is 1.48. The van der Waals surface area contributed by atoms with Gasteiger partial charge in [0.15, 0.2) is 23.7 Å². The quantitative estimate of drug-likeness (QED) is 0.467. The fourth-order valence-electron chi connectivity index (χ4n) is 5.11. The molecule has 0 amide bonds. The van der Waals surface area contributed by atoms with Gasteiger partial charge in [0.25, 0.3) is 0 Å². The Labute approximate surface area is 185 Å². The molecule has 4 aromatic rings. The van der Waals surface area contributed by atoms with Crippen LogP contribution >= 0.6 is 0 Å². The van der Waals surface area contributed by atoms with Gasteiger partial charge in [-0.15, -0.1) is 0 Å². The zero-order chi connectivity index (χ0) is 21.9. The van der Waals surface area contributed by atoms with E-state index in [1.807, 2.05) is 18.5 Å².